The summed E-state index contributed by atoms with van der Waals surface area (Å²) in [4.78, 5) is 23.6. The number of ether oxygens (including phenoxy) is 5. The fourth-order valence-electron chi connectivity index (χ4n) is 2.53. The van der Waals surface area contributed by atoms with Crippen LogP contribution in [0.15, 0.2) is 18.2 Å². The maximum atomic E-state index is 12.1. The van der Waals surface area contributed by atoms with Gasteiger partial charge in [-0.3, -0.25) is 4.79 Å². The van der Waals surface area contributed by atoms with E-state index >= 15 is 0 Å². The predicted octanol–water partition coefficient (Wildman–Crippen LogP) is 2.97. The third kappa shape index (κ3) is 3.60. The van der Waals surface area contributed by atoms with Crippen LogP contribution in [-0.2, 0) is 9.53 Å². The molecule has 0 spiro atoms. The minimum atomic E-state index is -0.529. The summed E-state index contributed by atoms with van der Waals surface area (Å²) >= 11 is 0. The van der Waals surface area contributed by atoms with Gasteiger partial charge in [0, 0.05) is 6.92 Å². The van der Waals surface area contributed by atoms with Gasteiger partial charge < -0.3 is 23.7 Å². The fourth-order valence-corrected chi connectivity index (χ4v) is 2.53. The molecule has 0 unspecified atom stereocenters. The Labute approximate surface area is 145 Å². The monoisotopic (exact) mass is 348 g/mol. The van der Waals surface area contributed by atoms with Crippen molar-refractivity contribution in [3.8, 4) is 23.0 Å². The van der Waals surface area contributed by atoms with E-state index in [0.29, 0.717) is 28.0 Å². The first-order valence-electron chi connectivity index (χ1n) is 7.59. The summed E-state index contributed by atoms with van der Waals surface area (Å²) < 4.78 is 26.5. The number of benzene rings is 2. The maximum Gasteiger partial charge on any atom is 0.338 e. The number of carbonyl (C=O) groups excluding carboxylic acids is 2. The molecule has 0 radical (unpaired) electrons. The topological polar surface area (TPSA) is 80.3 Å². The molecule has 0 aliphatic heterocycles. The van der Waals surface area contributed by atoms with Gasteiger partial charge in [-0.1, -0.05) is 0 Å². The first-order valence-corrected chi connectivity index (χ1v) is 7.59. The van der Waals surface area contributed by atoms with Gasteiger partial charge in [0.05, 0.1) is 38.9 Å². The fraction of sp³-hybridized carbons (Fsp3) is 0.333. The van der Waals surface area contributed by atoms with E-state index in [9.17, 15) is 9.59 Å². The Morgan fingerprint density at radius 3 is 2.12 bits per heavy atom. The van der Waals surface area contributed by atoms with Crippen molar-refractivity contribution in [1.82, 2.24) is 0 Å². The van der Waals surface area contributed by atoms with Crippen LogP contribution < -0.4 is 18.9 Å². The number of hydrogen-bond acceptors (Lipinski definition) is 7. The van der Waals surface area contributed by atoms with Gasteiger partial charge in [0.15, 0.2) is 11.5 Å². The summed E-state index contributed by atoms with van der Waals surface area (Å²) in [5.41, 5.74) is 0.250. The van der Waals surface area contributed by atoms with Gasteiger partial charge in [-0.05, 0) is 30.5 Å². The quantitative estimate of drug-likeness (QED) is 0.586. The average Bonchev–Trinajstić information content (AvgIpc) is 2.59. The molecule has 0 heterocycles. The number of fused-ring (bicyclic) bond motifs is 1. The van der Waals surface area contributed by atoms with E-state index in [0.717, 1.165) is 0 Å². The number of esters is 2. The van der Waals surface area contributed by atoms with Crippen LogP contribution in [-0.4, -0.2) is 39.9 Å². The van der Waals surface area contributed by atoms with Crippen molar-refractivity contribution in [2.45, 2.75) is 13.8 Å². The van der Waals surface area contributed by atoms with E-state index in [1.807, 2.05) is 0 Å². The van der Waals surface area contributed by atoms with E-state index in [1.54, 1.807) is 19.1 Å². The van der Waals surface area contributed by atoms with Gasteiger partial charge in [0.2, 0.25) is 5.75 Å². The zero-order valence-corrected chi connectivity index (χ0v) is 14.8. The molecule has 0 bridgehead atoms. The molecule has 0 aliphatic carbocycles. The Hall–Kier alpha value is -2.96. The molecular formula is C18H20O7. The van der Waals surface area contributed by atoms with E-state index < -0.39 is 11.9 Å². The molecule has 0 aliphatic rings. The van der Waals surface area contributed by atoms with Gasteiger partial charge in [-0.2, -0.15) is 0 Å². The molecule has 0 saturated heterocycles. The van der Waals surface area contributed by atoms with Crippen LogP contribution >= 0.6 is 0 Å². The van der Waals surface area contributed by atoms with E-state index in [1.165, 1.54) is 34.3 Å². The van der Waals surface area contributed by atoms with Crippen molar-refractivity contribution in [3.63, 3.8) is 0 Å². The second-order valence-corrected chi connectivity index (χ2v) is 5.03. The highest BCUT2D eigenvalue weighted by Gasteiger charge is 2.22. The zero-order valence-electron chi connectivity index (χ0n) is 14.8. The molecule has 7 nitrogen and oxygen atoms in total. The SMILES string of the molecule is CCOC(=O)c1cc(OC(C)=O)c2c(OC)c(OC)c(OC)cc2c1. The highest BCUT2D eigenvalue weighted by molar-refractivity contribution is 6.03. The zero-order chi connectivity index (χ0) is 18.6. The van der Waals surface area contributed by atoms with Crippen LogP contribution in [0.25, 0.3) is 10.8 Å². The Morgan fingerprint density at radius 1 is 0.920 bits per heavy atom. The molecule has 2 aromatic carbocycles. The summed E-state index contributed by atoms with van der Waals surface area (Å²) in [7, 11) is 4.43. The van der Waals surface area contributed by atoms with Crippen LogP contribution in [0.2, 0.25) is 0 Å². The minimum absolute atomic E-state index is 0.172. The smallest absolute Gasteiger partial charge is 0.338 e. The minimum Gasteiger partial charge on any atom is -0.493 e. The van der Waals surface area contributed by atoms with E-state index in [2.05, 4.69) is 0 Å². The predicted molar refractivity (Wildman–Crippen MR) is 90.9 cm³/mol. The normalized spacial score (nSPS) is 10.3. The molecule has 0 aromatic heterocycles. The Morgan fingerprint density at radius 2 is 1.60 bits per heavy atom. The molecule has 0 N–H and O–H groups in total. The molecular weight excluding hydrogens is 328 g/mol. The molecule has 7 heteroatoms. The summed E-state index contributed by atoms with van der Waals surface area (Å²) in [5.74, 6) is 0.233. The van der Waals surface area contributed by atoms with Gasteiger partial charge >= 0.3 is 11.9 Å². The lowest BCUT2D eigenvalue weighted by Gasteiger charge is -2.17. The maximum absolute atomic E-state index is 12.1. The largest absolute Gasteiger partial charge is 0.493 e. The molecule has 0 amide bonds. The lowest BCUT2D eigenvalue weighted by molar-refractivity contribution is -0.131. The van der Waals surface area contributed by atoms with Crippen LogP contribution in [0.4, 0.5) is 0 Å². The summed E-state index contributed by atoms with van der Waals surface area (Å²) in [5, 5.41) is 1.07. The van der Waals surface area contributed by atoms with Crippen molar-refractivity contribution in [1.29, 1.82) is 0 Å². The van der Waals surface area contributed by atoms with Crippen LogP contribution in [0, 0.1) is 0 Å². The third-order valence-corrected chi connectivity index (χ3v) is 3.47. The summed E-state index contributed by atoms with van der Waals surface area (Å²) in [6.07, 6.45) is 0. The highest BCUT2D eigenvalue weighted by Crippen LogP contribution is 2.47. The molecule has 2 aromatic rings. The summed E-state index contributed by atoms with van der Waals surface area (Å²) in [6.45, 7) is 3.22. The summed E-state index contributed by atoms with van der Waals surface area (Å²) in [6, 6.07) is 4.73. The lowest BCUT2D eigenvalue weighted by atomic mass is 10.0. The highest BCUT2D eigenvalue weighted by atomic mass is 16.5. The third-order valence-electron chi connectivity index (χ3n) is 3.47. The van der Waals surface area contributed by atoms with Crippen molar-refractivity contribution in [2.75, 3.05) is 27.9 Å². The van der Waals surface area contributed by atoms with Crippen LogP contribution in [0.5, 0.6) is 23.0 Å². The van der Waals surface area contributed by atoms with Crippen molar-refractivity contribution < 1.29 is 33.3 Å². The number of rotatable bonds is 6. The van der Waals surface area contributed by atoms with Gasteiger partial charge in [0.25, 0.3) is 0 Å². The number of carbonyl (C=O) groups is 2. The standard InChI is InChI=1S/C18H20O7/c1-6-24-18(20)12-7-11-8-14(21-3)16(22-4)17(23-5)15(11)13(9-12)25-10(2)19/h7-9H,6H2,1-5H3. The van der Waals surface area contributed by atoms with E-state index in [-0.39, 0.29) is 17.9 Å². The first-order chi connectivity index (χ1) is 12.0. The van der Waals surface area contributed by atoms with Crippen molar-refractivity contribution >= 4 is 22.7 Å². The van der Waals surface area contributed by atoms with Crippen molar-refractivity contribution in [2.24, 2.45) is 0 Å². The van der Waals surface area contributed by atoms with E-state index in [4.69, 9.17) is 23.7 Å². The first kappa shape index (κ1) is 18.4. The number of methoxy groups -OCH3 is 3. The Kier molecular flexibility index (Phi) is 5.69. The Bertz CT molecular complexity index is 811. The van der Waals surface area contributed by atoms with Gasteiger partial charge in [0.1, 0.15) is 5.75 Å². The van der Waals surface area contributed by atoms with Crippen LogP contribution in [0.1, 0.15) is 24.2 Å². The molecule has 0 saturated carbocycles. The molecule has 25 heavy (non-hydrogen) atoms. The number of hydrogen-bond donors (Lipinski definition) is 0. The molecule has 0 fully saturated rings. The second kappa shape index (κ2) is 7.74. The van der Waals surface area contributed by atoms with Crippen LogP contribution in [0.3, 0.4) is 0 Å². The molecule has 134 valence electrons. The molecule has 0 atom stereocenters. The second-order valence-electron chi connectivity index (χ2n) is 5.03. The van der Waals surface area contributed by atoms with Gasteiger partial charge in [-0.25, -0.2) is 4.79 Å². The van der Waals surface area contributed by atoms with Crippen molar-refractivity contribution in [3.05, 3.63) is 23.8 Å². The van der Waals surface area contributed by atoms with Gasteiger partial charge in [-0.15, -0.1) is 0 Å². The Balaban J connectivity index is 2.85. The molecule has 2 rings (SSSR count). The lowest BCUT2D eigenvalue weighted by Crippen LogP contribution is -2.08. The average molecular weight is 348 g/mol.